The van der Waals surface area contributed by atoms with Gasteiger partial charge in [-0.25, -0.2) is 0 Å². The molecule has 27 heavy (non-hydrogen) atoms. The normalized spacial score (nSPS) is 13.4. The molecular weight excluding hydrogens is 340 g/mol. The van der Waals surface area contributed by atoms with E-state index in [1.165, 1.54) is 11.1 Å². The first-order valence-corrected chi connectivity index (χ1v) is 9.35. The van der Waals surface area contributed by atoms with Crippen molar-refractivity contribution in [2.24, 2.45) is 5.73 Å². The SMILES string of the molecule is CC(C)=CCC/C(C)=C/COC(=O)C[C@@H](NC(=O)C(C)N)c1ccccc1. The van der Waals surface area contributed by atoms with Crippen LogP contribution in [-0.4, -0.2) is 24.5 Å². The van der Waals surface area contributed by atoms with Crippen LogP contribution in [0.1, 0.15) is 58.6 Å². The highest BCUT2D eigenvalue weighted by Crippen LogP contribution is 2.17. The van der Waals surface area contributed by atoms with Crippen molar-refractivity contribution >= 4 is 11.9 Å². The average Bonchev–Trinajstić information content (AvgIpc) is 2.61. The van der Waals surface area contributed by atoms with E-state index in [1.54, 1.807) is 6.92 Å². The number of esters is 1. The van der Waals surface area contributed by atoms with E-state index >= 15 is 0 Å². The van der Waals surface area contributed by atoms with Crippen molar-refractivity contribution in [2.45, 2.75) is 59.0 Å². The van der Waals surface area contributed by atoms with Gasteiger partial charge >= 0.3 is 5.97 Å². The van der Waals surface area contributed by atoms with E-state index in [0.29, 0.717) is 0 Å². The molecule has 0 radical (unpaired) electrons. The monoisotopic (exact) mass is 372 g/mol. The molecule has 1 unspecified atom stereocenters. The van der Waals surface area contributed by atoms with Crippen molar-refractivity contribution < 1.29 is 14.3 Å². The molecule has 0 spiro atoms. The van der Waals surface area contributed by atoms with Gasteiger partial charge in [0.2, 0.25) is 5.91 Å². The van der Waals surface area contributed by atoms with E-state index in [4.69, 9.17) is 10.5 Å². The Morgan fingerprint density at radius 1 is 1.15 bits per heavy atom. The van der Waals surface area contributed by atoms with E-state index in [9.17, 15) is 9.59 Å². The third-order valence-corrected chi connectivity index (χ3v) is 4.07. The summed E-state index contributed by atoms with van der Waals surface area (Å²) in [5.74, 6) is -0.658. The molecule has 0 aliphatic heterocycles. The molecule has 0 aliphatic rings. The highest BCUT2D eigenvalue weighted by molar-refractivity contribution is 5.82. The lowest BCUT2D eigenvalue weighted by atomic mass is 10.0. The second-order valence-electron chi connectivity index (χ2n) is 7.02. The Morgan fingerprint density at radius 3 is 2.41 bits per heavy atom. The molecule has 0 aromatic heterocycles. The minimum atomic E-state index is -0.640. The summed E-state index contributed by atoms with van der Waals surface area (Å²) in [5.41, 5.74) is 8.96. The maximum Gasteiger partial charge on any atom is 0.308 e. The van der Waals surface area contributed by atoms with Crippen LogP contribution < -0.4 is 11.1 Å². The zero-order chi connectivity index (χ0) is 20.2. The Labute approximate surface area is 162 Å². The minimum absolute atomic E-state index is 0.0626. The first-order valence-electron chi connectivity index (χ1n) is 9.35. The second kappa shape index (κ2) is 12.1. The molecule has 148 valence electrons. The number of nitrogens with two attached hydrogens (primary N) is 1. The zero-order valence-electron chi connectivity index (χ0n) is 16.8. The summed E-state index contributed by atoms with van der Waals surface area (Å²) in [4.78, 5) is 24.2. The van der Waals surface area contributed by atoms with Gasteiger partial charge in [0.05, 0.1) is 18.5 Å². The molecule has 0 bridgehead atoms. The van der Waals surface area contributed by atoms with Gasteiger partial charge in [0.1, 0.15) is 6.61 Å². The highest BCUT2D eigenvalue weighted by Gasteiger charge is 2.20. The number of rotatable bonds is 10. The van der Waals surface area contributed by atoms with E-state index in [0.717, 1.165) is 18.4 Å². The van der Waals surface area contributed by atoms with Crippen LogP contribution in [0.15, 0.2) is 53.6 Å². The van der Waals surface area contributed by atoms with Gasteiger partial charge in [-0.15, -0.1) is 0 Å². The summed E-state index contributed by atoms with van der Waals surface area (Å²) < 4.78 is 5.32. The largest absolute Gasteiger partial charge is 0.461 e. The van der Waals surface area contributed by atoms with Gasteiger partial charge in [-0.3, -0.25) is 9.59 Å². The lowest BCUT2D eigenvalue weighted by molar-refractivity contribution is -0.143. The van der Waals surface area contributed by atoms with Gasteiger partial charge in [-0.1, -0.05) is 47.6 Å². The van der Waals surface area contributed by atoms with E-state index in [2.05, 4.69) is 25.2 Å². The first kappa shape index (κ1) is 22.6. The summed E-state index contributed by atoms with van der Waals surface area (Å²) in [6.07, 6.45) is 6.11. The minimum Gasteiger partial charge on any atom is -0.461 e. The Hall–Kier alpha value is -2.40. The molecule has 3 N–H and O–H groups in total. The fourth-order valence-corrected chi connectivity index (χ4v) is 2.43. The quantitative estimate of drug-likeness (QED) is 0.483. The molecule has 1 aromatic carbocycles. The molecule has 0 aliphatic carbocycles. The summed E-state index contributed by atoms with van der Waals surface area (Å²) in [6.45, 7) is 8.03. The molecule has 1 amide bonds. The number of carbonyl (C=O) groups is 2. The van der Waals surface area contributed by atoms with Crippen LogP contribution in [0.2, 0.25) is 0 Å². The lowest BCUT2D eigenvalue weighted by Gasteiger charge is -2.19. The lowest BCUT2D eigenvalue weighted by Crippen LogP contribution is -2.41. The van der Waals surface area contributed by atoms with E-state index in [1.807, 2.05) is 43.3 Å². The number of amides is 1. The highest BCUT2D eigenvalue weighted by atomic mass is 16.5. The molecule has 2 atom stereocenters. The standard InChI is InChI=1S/C22H32N2O3/c1-16(2)9-8-10-17(3)13-14-27-21(25)15-20(24-22(26)18(4)23)19-11-6-5-7-12-19/h5-7,9,11-13,18,20H,8,10,14-15,23H2,1-4H3,(H,24,26)/b17-13+/t18?,20-/m1/s1. The smallest absolute Gasteiger partial charge is 0.308 e. The Balaban J connectivity index is 2.58. The molecule has 5 nitrogen and oxygen atoms in total. The number of allylic oxidation sites excluding steroid dienone is 3. The van der Waals surface area contributed by atoms with Crippen LogP contribution in [0.3, 0.4) is 0 Å². The molecule has 0 saturated heterocycles. The zero-order valence-corrected chi connectivity index (χ0v) is 16.8. The van der Waals surface area contributed by atoms with Crippen molar-refractivity contribution in [2.75, 3.05) is 6.61 Å². The molecule has 1 rings (SSSR count). The third kappa shape index (κ3) is 9.75. The van der Waals surface area contributed by atoms with Crippen LogP contribution in [0.5, 0.6) is 0 Å². The average molecular weight is 373 g/mol. The molecular formula is C22H32N2O3. The number of ether oxygens (including phenoxy) is 1. The van der Waals surface area contributed by atoms with Crippen molar-refractivity contribution in [1.29, 1.82) is 0 Å². The van der Waals surface area contributed by atoms with Crippen LogP contribution in [0.25, 0.3) is 0 Å². The van der Waals surface area contributed by atoms with Crippen molar-refractivity contribution in [3.63, 3.8) is 0 Å². The van der Waals surface area contributed by atoms with Crippen molar-refractivity contribution in [1.82, 2.24) is 5.32 Å². The van der Waals surface area contributed by atoms with Gasteiger partial charge in [0, 0.05) is 0 Å². The molecule has 0 heterocycles. The Kier molecular flexibility index (Phi) is 10.1. The maximum atomic E-state index is 12.2. The summed E-state index contributed by atoms with van der Waals surface area (Å²) in [6, 6.07) is 8.25. The van der Waals surface area contributed by atoms with Gasteiger partial charge in [0.15, 0.2) is 0 Å². The number of nitrogens with one attached hydrogen (secondary N) is 1. The maximum absolute atomic E-state index is 12.2. The van der Waals surface area contributed by atoms with E-state index in [-0.39, 0.29) is 24.9 Å². The predicted octanol–water partition coefficient (Wildman–Crippen LogP) is 3.82. The third-order valence-electron chi connectivity index (χ3n) is 4.07. The molecule has 0 saturated carbocycles. The van der Waals surface area contributed by atoms with Crippen LogP contribution in [0.4, 0.5) is 0 Å². The Bertz CT molecular complexity index is 659. The van der Waals surface area contributed by atoms with Crippen molar-refractivity contribution in [3.8, 4) is 0 Å². The summed E-state index contributed by atoms with van der Waals surface area (Å²) >= 11 is 0. The summed E-state index contributed by atoms with van der Waals surface area (Å²) in [5, 5.41) is 2.81. The van der Waals surface area contributed by atoms with Crippen molar-refractivity contribution in [3.05, 3.63) is 59.2 Å². The van der Waals surface area contributed by atoms with Gasteiger partial charge in [0.25, 0.3) is 0 Å². The summed E-state index contributed by atoms with van der Waals surface area (Å²) in [7, 11) is 0. The number of benzene rings is 1. The molecule has 0 fully saturated rings. The Morgan fingerprint density at radius 2 is 1.81 bits per heavy atom. The predicted molar refractivity (Wildman–Crippen MR) is 109 cm³/mol. The topological polar surface area (TPSA) is 81.4 Å². The van der Waals surface area contributed by atoms with E-state index < -0.39 is 12.1 Å². The molecule has 1 aromatic rings. The fourth-order valence-electron chi connectivity index (χ4n) is 2.43. The number of hydrogen-bond donors (Lipinski definition) is 2. The number of carbonyl (C=O) groups excluding carboxylic acids is 2. The fraction of sp³-hybridized carbons (Fsp3) is 0.455. The number of hydrogen-bond acceptors (Lipinski definition) is 4. The molecule has 5 heteroatoms. The van der Waals surface area contributed by atoms with Gasteiger partial charge in [-0.05, 0) is 52.2 Å². The first-order chi connectivity index (χ1) is 12.8. The van der Waals surface area contributed by atoms with Gasteiger partial charge < -0.3 is 15.8 Å². The van der Waals surface area contributed by atoms with Crippen LogP contribution in [0, 0.1) is 0 Å². The van der Waals surface area contributed by atoms with Gasteiger partial charge in [-0.2, -0.15) is 0 Å². The second-order valence-corrected chi connectivity index (χ2v) is 7.02. The van der Waals surface area contributed by atoms with Crippen LogP contribution >= 0.6 is 0 Å². The van der Waals surface area contributed by atoms with Crippen LogP contribution in [-0.2, 0) is 14.3 Å².